The van der Waals surface area contributed by atoms with Crippen molar-refractivity contribution in [2.24, 2.45) is 0 Å². The molecule has 0 saturated carbocycles. The number of rotatable bonds is 6. The highest BCUT2D eigenvalue weighted by atomic mass is 32.2. The zero-order chi connectivity index (χ0) is 15.2. The van der Waals surface area contributed by atoms with E-state index in [0.29, 0.717) is 6.61 Å². The van der Waals surface area contributed by atoms with Crippen LogP contribution in [0.1, 0.15) is 17.3 Å². The van der Waals surface area contributed by atoms with Gasteiger partial charge in [0.15, 0.2) is 0 Å². The predicted molar refractivity (Wildman–Crippen MR) is 69.6 cm³/mol. The summed E-state index contributed by atoms with van der Waals surface area (Å²) >= 11 is 0. The van der Waals surface area contributed by atoms with Gasteiger partial charge in [0.25, 0.3) is 15.9 Å². The molecule has 1 rings (SSSR count). The second-order valence-corrected chi connectivity index (χ2v) is 5.37. The fraction of sp³-hybridized carbons (Fsp3) is 0.333. The van der Waals surface area contributed by atoms with Gasteiger partial charge >= 0.3 is 5.97 Å². The summed E-state index contributed by atoms with van der Waals surface area (Å²) in [6, 6.07) is 5.19. The quantitative estimate of drug-likeness (QED) is 0.759. The third-order valence-electron chi connectivity index (χ3n) is 2.25. The summed E-state index contributed by atoms with van der Waals surface area (Å²) in [5.41, 5.74) is 0.0765. The monoisotopic (exact) mass is 301 g/mol. The summed E-state index contributed by atoms with van der Waals surface area (Å²) in [6.45, 7) is 1.62. The molecule has 20 heavy (non-hydrogen) atoms. The number of esters is 1. The summed E-state index contributed by atoms with van der Waals surface area (Å²) in [6.07, 6.45) is 0. The van der Waals surface area contributed by atoms with E-state index in [0.717, 1.165) is 6.07 Å². The minimum atomic E-state index is -4.04. The summed E-state index contributed by atoms with van der Waals surface area (Å²) in [5.74, 6) is -1.45. The highest BCUT2D eigenvalue weighted by Gasteiger charge is 2.19. The molecule has 0 saturated heterocycles. The molecule has 0 bridgehead atoms. The number of benzene rings is 1. The fourth-order valence-electron chi connectivity index (χ4n) is 1.34. The van der Waals surface area contributed by atoms with Gasteiger partial charge in [-0.25, -0.2) is 17.9 Å². The zero-order valence-corrected chi connectivity index (χ0v) is 11.9. The lowest BCUT2D eigenvalue weighted by molar-refractivity contribution is -0.123. The van der Waals surface area contributed by atoms with E-state index in [-0.39, 0.29) is 17.1 Å². The number of hydrogen-bond donors (Lipinski definition) is 1. The average molecular weight is 301 g/mol. The van der Waals surface area contributed by atoms with Crippen molar-refractivity contribution in [1.82, 2.24) is 4.72 Å². The van der Waals surface area contributed by atoms with Crippen molar-refractivity contribution in [1.29, 1.82) is 0 Å². The molecule has 0 heterocycles. The number of ether oxygens (including phenoxy) is 2. The van der Waals surface area contributed by atoms with Gasteiger partial charge in [-0.05, 0) is 25.1 Å². The smallest absolute Gasteiger partial charge is 0.337 e. The Bertz CT molecular complexity index is 596. The molecule has 0 aliphatic carbocycles. The van der Waals surface area contributed by atoms with Crippen LogP contribution in [0.3, 0.4) is 0 Å². The van der Waals surface area contributed by atoms with Gasteiger partial charge in [-0.1, -0.05) is 6.07 Å². The molecule has 110 valence electrons. The molecule has 1 N–H and O–H groups in total. The Balaban J connectivity index is 2.92. The number of hydrogen-bond acceptors (Lipinski definition) is 6. The van der Waals surface area contributed by atoms with Crippen LogP contribution in [0, 0.1) is 0 Å². The van der Waals surface area contributed by atoms with Crippen LogP contribution in [-0.4, -0.2) is 40.6 Å². The number of carbonyl (C=O) groups is 2. The highest BCUT2D eigenvalue weighted by Crippen LogP contribution is 2.12. The Labute approximate surface area is 116 Å². The van der Waals surface area contributed by atoms with Gasteiger partial charge in [0.05, 0.1) is 17.6 Å². The van der Waals surface area contributed by atoms with E-state index in [9.17, 15) is 18.0 Å². The first-order valence-electron chi connectivity index (χ1n) is 5.72. The van der Waals surface area contributed by atoms with Crippen molar-refractivity contribution in [3.63, 3.8) is 0 Å². The third-order valence-corrected chi connectivity index (χ3v) is 3.62. The van der Waals surface area contributed by atoms with E-state index in [1.807, 2.05) is 4.72 Å². The minimum Gasteiger partial charge on any atom is -0.465 e. The summed E-state index contributed by atoms with van der Waals surface area (Å²) in [5, 5.41) is 0. The molecule has 0 fully saturated rings. The number of methoxy groups -OCH3 is 1. The van der Waals surface area contributed by atoms with Crippen LogP contribution in [0.4, 0.5) is 0 Å². The summed E-state index contributed by atoms with van der Waals surface area (Å²) < 4.78 is 35.0. The molecule has 1 aromatic carbocycles. The molecule has 1 aromatic rings. The normalized spacial score (nSPS) is 10.9. The maximum Gasteiger partial charge on any atom is 0.337 e. The number of nitrogens with one attached hydrogen (secondary N) is 1. The Hall–Kier alpha value is -1.93. The largest absolute Gasteiger partial charge is 0.465 e. The first-order chi connectivity index (χ1) is 9.40. The second kappa shape index (κ2) is 7.01. The molecule has 0 atom stereocenters. The van der Waals surface area contributed by atoms with Crippen molar-refractivity contribution in [3.8, 4) is 0 Å². The Morgan fingerprint density at radius 3 is 2.60 bits per heavy atom. The van der Waals surface area contributed by atoms with E-state index in [2.05, 4.69) is 4.74 Å². The molecule has 7 nitrogen and oxygen atoms in total. The van der Waals surface area contributed by atoms with Crippen LogP contribution in [0.15, 0.2) is 29.2 Å². The molecular formula is C12H15NO6S. The maximum atomic E-state index is 11.9. The standard InChI is InChI=1S/C12H15NO6S/c1-3-19-8-11(14)13-20(16,17)10-6-4-5-9(7-10)12(15)18-2/h4-7H,3,8H2,1-2H3,(H,13,14). The van der Waals surface area contributed by atoms with E-state index in [1.165, 1.54) is 25.3 Å². The second-order valence-electron chi connectivity index (χ2n) is 3.69. The fourth-order valence-corrected chi connectivity index (χ4v) is 2.36. The Morgan fingerprint density at radius 2 is 2.00 bits per heavy atom. The lowest BCUT2D eigenvalue weighted by Crippen LogP contribution is -2.33. The number of carbonyl (C=O) groups excluding carboxylic acids is 2. The predicted octanol–water partition coefficient (Wildman–Crippen LogP) is 0.315. The van der Waals surface area contributed by atoms with Gasteiger partial charge in [0, 0.05) is 6.61 Å². The van der Waals surface area contributed by atoms with E-state index in [4.69, 9.17) is 4.74 Å². The van der Waals surface area contributed by atoms with Gasteiger partial charge < -0.3 is 9.47 Å². The van der Waals surface area contributed by atoms with Crippen LogP contribution in [-0.2, 0) is 24.3 Å². The van der Waals surface area contributed by atoms with Crippen molar-refractivity contribution >= 4 is 21.9 Å². The number of amides is 1. The molecule has 0 spiro atoms. The Kier molecular flexibility index (Phi) is 5.66. The van der Waals surface area contributed by atoms with E-state index < -0.39 is 21.9 Å². The average Bonchev–Trinajstić information content (AvgIpc) is 2.44. The van der Waals surface area contributed by atoms with Crippen LogP contribution in [0.5, 0.6) is 0 Å². The van der Waals surface area contributed by atoms with Gasteiger partial charge in [-0.3, -0.25) is 4.79 Å². The van der Waals surface area contributed by atoms with Gasteiger partial charge in [-0.2, -0.15) is 0 Å². The first kappa shape index (κ1) is 16.1. The van der Waals surface area contributed by atoms with Crippen molar-refractivity contribution in [2.45, 2.75) is 11.8 Å². The number of sulfonamides is 1. The molecule has 0 aliphatic heterocycles. The third kappa shape index (κ3) is 4.32. The molecule has 8 heteroatoms. The maximum absolute atomic E-state index is 11.9. The van der Waals surface area contributed by atoms with Crippen LogP contribution in [0.25, 0.3) is 0 Å². The van der Waals surface area contributed by atoms with Gasteiger partial charge in [0.1, 0.15) is 6.61 Å². The molecular weight excluding hydrogens is 286 g/mol. The van der Waals surface area contributed by atoms with Gasteiger partial charge in [0.2, 0.25) is 0 Å². The molecule has 0 aromatic heterocycles. The molecule has 0 unspecified atom stereocenters. The van der Waals surface area contributed by atoms with Crippen molar-refractivity contribution < 1.29 is 27.5 Å². The SMILES string of the molecule is CCOCC(=O)NS(=O)(=O)c1cccc(C(=O)OC)c1. The topological polar surface area (TPSA) is 98.8 Å². The van der Waals surface area contributed by atoms with E-state index in [1.54, 1.807) is 6.92 Å². The summed E-state index contributed by atoms with van der Waals surface area (Å²) in [4.78, 5) is 22.5. The Morgan fingerprint density at radius 1 is 1.30 bits per heavy atom. The lowest BCUT2D eigenvalue weighted by Gasteiger charge is -2.08. The van der Waals surface area contributed by atoms with Crippen molar-refractivity contribution in [3.05, 3.63) is 29.8 Å². The highest BCUT2D eigenvalue weighted by molar-refractivity contribution is 7.90. The van der Waals surface area contributed by atoms with Crippen LogP contribution in [0.2, 0.25) is 0 Å². The van der Waals surface area contributed by atoms with Crippen molar-refractivity contribution in [2.75, 3.05) is 20.3 Å². The van der Waals surface area contributed by atoms with Crippen LogP contribution < -0.4 is 4.72 Å². The molecule has 1 amide bonds. The molecule has 0 radical (unpaired) electrons. The first-order valence-corrected chi connectivity index (χ1v) is 7.20. The summed E-state index contributed by atoms with van der Waals surface area (Å²) in [7, 11) is -2.85. The van der Waals surface area contributed by atoms with E-state index >= 15 is 0 Å². The van der Waals surface area contributed by atoms with Gasteiger partial charge in [-0.15, -0.1) is 0 Å². The molecule has 0 aliphatic rings. The lowest BCUT2D eigenvalue weighted by atomic mass is 10.2. The minimum absolute atomic E-state index is 0.0765. The zero-order valence-electron chi connectivity index (χ0n) is 11.1. The van der Waals surface area contributed by atoms with Crippen LogP contribution >= 0.6 is 0 Å².